The van der Waals surface area contributed by atoms with E-state index in [0.717, 1.165) is 0 Å². The molecule has 0 aliphatic carbocycles. The topological polar surface area (TPSA) is 118 Å². The Morgan fingerprint density at radius 2 is 1.48 bits per heavy atom. The number of hydrogen-bond acceptors (Lipinski definition) is 4. The Labute approximate surface area is 144 Å². The number of nitrogens with two attached hydrogens (primary N) is 1. The Morgan fingerprint density at radius 1 is 1.00 bits per heavy atom. The van der Waals surface area contributed by atoms with Gasteiger partial charge in [0.2, 0.25) is 10.0 Å². The quantitative estimate of drug-likeness (QED) is 0.674. The molecule has 2 aromatic carbocycles. The van der Waals surface area contributed by atoms with Gasteiger partial charge in [-0.3, -0.25) is 0 Å². The van der Waals surface area contributed by atoms with Crippen LogP contribution in [0, 0.1) is 5.82 Å². The molecule has 0 bridgehead atoms. The molecule has 6 nitrogen and oxygen atoms in total. The number of aliphatic hydroxyl groups is 1. The van der Waals surface area contributed by atoms with Crippen LogP contribution in [0.15, 0.2) is 59.0 Å². The van der Waals surface area contributed by atoms with Gasteiger partial charge in [0, 0.05) is 18.6 Å². The molecule has 2 rings (SSSR count). The number of aliphatic carboxylic acids is 1. The molecule has 0 heterocycles. The van der Waals surface area contributed by atoms with Crippen LogP contribution in [0.4, 0.5) is 4.39 Å². The van der Waals surface area contributed by atoms with Gasteiger partial charge in [0.25, 0.3) is 0 Å². The fourth-order valence-corrected chi connectivity index (χ4v) is 2.91. The van der Waals surface area contributed by atoms with Gasteiger partial charge < -0.3 is 10.2 Å². The summed E-state index contributed by atoms with van der Waals surface area (Å²) in [5, 5.41) is 23.7. The van der Waals surface area contributed by atoms with Gasteiger partial charge in [0.1, 0.15) is 5.82 Å². The van der Waals surface area contributed by atoms with Crippen LogP contribution in [0.2, 0.25) is 0 Å². The Morgan fingerprint density at radius 3 is 1.88 bits per heavy atom. The van der Waals surface area contributed by atoms with Crippen LogP contribution in [0.5, 0.6) is 0 Å². The average Bonchev–Trinajstić information content (AvgIpc) is 2.55. The molecule has 0 spiro atoms. The molecular weight excluding hydrogens is 349 g/mol. The van der Waals surface area contributed by atoms with E-state index in [2.05, 4.69) is 0 Å². The summed E-state index contributed by atoms with van der Waals surface area (Å²) in [5.74, 6) is -1.71. The van der Waals surface area contributed by atoms with Crippen LogP contribution >= 0.6 is 0 Å². The first kappa shape index (κ1) is 18.8. The van der Waals surface area contributed by atoms with Gasteiger partial charge in [-0.2, -0.15) is 0 Å². The third-order valence-corrected chi connectivity index (χ3v) is 4.46. The van der Waals surface area contributed by atoms with Crippen molar-refractivity contribution in [3.63, 3.8) is 0 Å². The lowest BCUT2D eigenvalue weighted by Crippen LogP contribution is -2.12. The molecule has 4 N–H and O–H groups in total. The van der Waals surface area contributed by atoms with Gasteiger partial charge in [-0.15, -0.1) is 0 Å². The smallest absolute Gasteiger partial charge is 0.332 e. The van der Waals surface area contributed by atoms with Crippen LogP contribution in [-0.4, -0.2) is 31.2 Å². The summed E-state index contributed by atoms with van der Waals surface area (Å²) in [5.41, 5.74) is 1.03. The van der Waals surface area contributed by atoms with Crippen molar-refractivity contribution in [1.29, 1.82) is 0 Å². The highest BCUT2D eigenvalue weighted by atomic mass is 32.2. The van der Waals surface area contributed by atoms with E-state index in [0.29, 0.717) is 11.1 Å². The number of hydrogen-bond donors (Lipinski definition) is 3. The Hall–Kier alpha value is -2.55. The maximum Gasteiger partial charge on any atom is 0.332 e. The number of sulfonamides is 1. The second-order valence-electron chi connectivity index (χ2n) is 5.21. The number of benzene rings is 2. The molecule has 0 unspecified atom stereocenters. The monoisotopic (exact) mass is 365 g/mol. The van der Waals surface area contributed by atoms with E-state index >= 15 is 0 Å². The summed E-state index contributed by atoms with van der Waals surface area (Å²) >= 11 is 0. The molecule has 0 amide bonds. The zero-order valence-corrected chi connectivity index (χ0v) is 13.8. The number of primary sulfonamides is 1. The van der Waals surface area contributed by atoms with Crippen LogP contribution < -0.4 is 5.14 Å². The second kappa shape index (κ2) is 7.56. The predicted octanol–water partition coefficient (Wildman–Crippen LogP) is 1.74. The lowest BCUT2D eigenvalue weighted by atomic mass is 9.91. The van der Waals surface area contributed by atoms with Crippen molar-refractivity contribution in [2.45, 2.75) is 11.3 Å². The minimum absolute atomic E-state index is 0.0718. The minimum atomic E-state index is -3.88. The fraction of sp³-hybridized carbons (Fsp3) is 0.118. The molecule has 0 fully saturated rings. The Bertz CT molecular complexity index is 903. The summed E-state index contributed by atoms with van der Waals surface area (Å²) < 4.78 is 35.9. The maximum atomic E-state index is 13.2. The van der Waals surface area contributed by atoms with E-state index in [1.807, 2.05) is 0 Å². The fourth-order valence-electron chi connectivity index (χ4n) is 2.39. The Kier molecular flexibility index (Phi) is 5.68. The van der Waals surface area contributed by atoms with Gasteiger partial charge in [-0.1, -0.05) is 24.3 Å². The van der Waals surface area contributed by atoms with Gasteiger partial charge in [-0.25, -0.2) is 22.7 Å². The number of carboxylic acids is 1. The van der Waals surface area contributed by atoms with Crippen molar-refractivity contribution in [3.05, 3.63) is 71.0 Å². The summed E-state index contributed by atoms with van der Waals surface area (Å²) in [6.45, 7) is -0.387. The second-order valence-corrected chi connectivity index (χ2v) is 6.77. The van der Waals surface area contributed by atoms with E-state index in [1.165, 1.54) is 48.5 Å². The van der Waals surface area contributed by atoms with Gasteiger partial charge >= 0.3 is 5.97 Å². The number of halogens is 1. The molecule has 2 aromatic rings. The molecule has 25 heavy (non-hydrogen) atoms. The molecule has 132 valence electrons. The number of carboxylic acid groups (broad SMARTS) is 1. The molecule has 0 aromatic heterocycles. The van der Waals surface area contributed by atoms with Crippen LogP contribution in [0.1, 0.15) is 17.5 Å². The molecule has 0 radical (unpaired) electrons. The van der Waals surface area contributed by atoms with Gasteiger partial charge in [0.15, 0.2) is 0 Å². The largest absolute Gasteiger partial charge is 0.478 e. The molecule has 8 heteroatoms. The molecular formula is C17H16FNO5S. The number of rotatable bonds is 6. The van der Waals surface area contributed by atoms with Crippen molar-refractivity contribution in [3.8, 4) is 0 Å². The highest BCUT2D eigenvalue weighted by Crippen LogP contribution is 2.29. The summed E-state index contributed by atoms with van der Waals surface area (Å²) in [7, 11) is -3.88. The van der Waals surface area contributed by atoms with E-state index < -0.39 is 21.8 Å². The van der Waals surface area contributed by atoms with Crippen molar-refractivity contribution in [2.24, 2.45) is 5.14 Å². The Balaban J connectivity index is 2.68. The van der Waals surface area contributed by atoms with Crippen LogP contribution in [0.3, 0.4) is 0 Å². The molecule has 0 saturated heterocycles. The summed E-state index contributed by atoms with van der Waals surface area (Å²) in [4.78, 5) is 11.5. The maximum absolute atomic E-state index is 13.2. The van der Waals surface area contributed by atoms with Crippen molar-refractivity contribution < 1.29 is 27.8 Å². The van der Waals surface area contributed by atoms with E-state index in [4.69, 9.17) is 10.2 Å². The zero-order chi connectivity index (χ0) is 18.6. The van der Waals surface area contributed by atoms with Crippen LogP contribution in [-0.2, 0) is 14.8 Å². The van der Waals surface area contributed by atoms with E-state index in [1.54, 1.807) is 0 Å². The van der Waals surface area contributed by atoms with Crippen molar-refractivity contribution >= 4 is 21.6 Å². The van der Waals surface area contributed by atoms with E-state index in [9.17, 15) is 22.7 Å². The molecule has 0 aliphatic heterocycles. The first-order valence-electron chi connectivity index (χ1n) is 7.20. The third-order valence-electron chi connectivity index (χ3n) is 3.53. The highest BCUT2D eigenvalue weighted by molar-refractivity contribution is 7.89. The molecule has 0 atom stereocenters. The van der Waals surface area contributed by atoms with Crippen LogP contribution in [0.25, 0.3) is 5.57 Å². The number of carbonyl (C=O) groups is 1. The minimum Gasteiger partial charge on any atom is -0.478 e. The molecule has 0 saturated carbocycles. The van der Waals surface area contributed by atoms with Gasteiger partial charge in [-0.05, 0) is 41.0 Å². The normalized spacial score (nSPS) is 12.6. The van der Waals surface area contributed by atoms with Crippen molar-refractivity contribution in [1.82, 2.24) is 0 Å². The predicted molar refractivity (Wildman–Crippen MR) is 89.6 cm³/mol. The van der Waals surface area contributed by atoms with Crippen molar-refractivity contribution in [2.75, 3.05) is 6.61 Å². The zero-order valence-electron chi connectivity index (χ0n) is 13.0. The summed E-state index contributed by atoms with van der Waals surface area (Å²) in [6, 6.07) is 10.5. The molecule has 0 aliphatic rings. The lowest BCUT2D eigenvalue weighted by Gasteiger charge is -2.14. The first-order valence-corrected chi connectivity index (χ1v) is 8.75. The first-order chi connectivity index (χ1) is 11.7. The van der Waals surface area contributed by atoms with Gasteiger partial charge in [0.05, 0.1) is 4.90 Å². The lowest BCUT2D eigenvalue weighted by molar-refractivity contribution is -0.132. The highest BCUT2D eigenvalue weighted by Gasteiger charge is 2.18. The standard InChI is InChI=1S/C17H16FNO5S/c18-13-5-1-11(2-6-13)16(15(9-10-20)17(21)22)12-3-7-14(8-4-12)25(19,23)24/h1-8,20H,9-10H2,(H,21,22)(H2,19,23,24)/b16-15-. The van der Waals surface area contributed by atoms with E-state index in [-0.39, 0.29) is 29.1 Å². The average molecular weight is 365 g/mol. The summed E-state index contributed by atoms with van der Waals surface area (Å²) in [6.07, 6.45) is -0.126. The third kappa shape index (κ3) is 4.50. The SMILES string of the molecule is NS(=O)(=O)c1ccc(/C(=C(/CCO)C(=O)O)c2ccc(F)cc2)cc1. The number of aliphatic hydroxyl groups excluding tert-OH is 1.